The normalized spacial score (nSPS) is 21.7. The summed E-state index contributed by atoms with van der Waals surface area (Å²) in [5, 5.41) is 14.5. The molecule has 1 aliphatic rings. The molecule has 0 aliphatic heterocycles. The third-order valence-corrected chi connectivity index (χ3v) is 3.94. The van der Waals surface area contributed by atoms with E-state index in [2.05, 4.69) is 24.4 Å². The Morgan fingerprint density at radius 1 is 1.50 bits per heavy atom. The van der Waals surface area contributed by atoms with Gasteiger partial charge in [-0.15, -0.1) is 0 Å². The molecule has 0 saturated heterocycles. The first-order valence-corrected chi connectivity index (χ1v) is 7.14. The lowest BCUT2D eigenvalue weighted by Crippen LogP contribution is -2.38. The molecular weight excluding hydrogens is 246 g/mol. The lowest BCUT2D eigenvalue weighted by atomic mass is 9.99. The highest BCUT2D eigenvalue weighted by Gasteiger charge is 2.25. The van der Waals surface area contributed by atoms with E-state index in [4.69, 9.17) is 11.6 Å². The maximum atomic E-state index is 10.2. The molecule has 100 valence electrons. The smallest absolute Gasteiger partial charge is 0.0743 e. The predicted molar refractivity (Wildman–Crippen MR) is 76.0 cm³/mol. The van der Waals surface area contributed by atoms with E-state index in [1.54, 1.807) is 0 Å². The average molecular weight is 268 g/mol. The van der Waals surface area contributed by atoms with Crippen LogP contribution in [0.1, 0.15) is 50.3 Å². The van der Waals surface area contributed by atoms with Crippen molar-refractivity contribution in [1.82, 2.24) is 5.32 Å². The molecule has 1 aromatic carbocycles. The number of nitrogens with one attached hydrogen (secondary N) is 1. The first-order chi connectivity index (χ1) is 8.52. The van der Waals surface area contributed by atoms with Crippen LogP contribution in [0.4, 0.5) is 0 Å². The predicted octanol–water partition coefficient (Wildman–Crippen LogP) is 3.47. The van der Waals surface area contributed by atoms with Crippen LogP contribution in [-0.2, 0) is 6.42 Å². The van der Waals surface area contributed by atoms with Crippen molar-refractivity contribution in [2.75, 3.05) is 6.54 Å². The Labute approximate surface area is 114 Å². The maximum absolute atomic E-state index is 10.2. The molecular formula is C15H22ClNO. The Bertz CT molecular complexity index is 417. The first kappa shape index (κ1) is 13.9. The van der Waals surface area contributed by atoms with Gasteiger partial charge in [-0.05, 0) is 49.4 Å². The van der Waals surface area contributed by atoms with Gasteiger partial charge in [0.25, 0.3) is 0 Å². The number of hydrogen-bond acceptors (Lipinski definition) is 2. The van der Waals surface area contributed by atoms with Crippen molar-refractivity contribution < 1.29 is 5.11 Å². The third kappa shape index (κ3) is 3.25. The van der Waals surface area contributed by atoms with Crippen molar-refractivity contribution in [2.45, 2.75) is 51.2 Å². The third-order valence-electron chi connectivity index (χ3n) is 3.70. The molecule has 0 aromatic heterocycles. The van der Waals surface area contributed by atoms with E-state index in [0.29, 0.717) is 12.6 Å². The van der Waals surface area contributed by atoms with E-state index in [0.717, 1.165) is 30.7 Å². The molecule has 3 heteroatoms. The highest BCUT2D eigenvalue weighted by Crippen LogP contribution is 2.33. The first-order valence-electron chi connectivity index (χ1n) is 6.76. The minimum absolute atomic E-state index is 0.362. The van der Waals surface area contributed by atoms with Crippen molar-refractivity contribution in [3.8, 4) is 0 Å². The number of rotatable bonds is 5. The lowest BCUT2D eigenvalue weighted by molar-refractivity contribution is 0.0471. The second-order valence-electron chi connectivity index (χ2n) is 5.56. The zero-order valence-electron chi connectivity index (χ0n) is 11.2. The lowest BCUT2D eigenvalue weighted by Gasteiger charge is -2.25. The molecule has 0 heterocycles. The van der Waals surface area contributed by atoms with Gasteiger partial charge >= 0.3 is 0 Å². The Morgan fingerprint density at radius 3 is 3.00 bits per heavy atom. The molecule has 2 N–H and O–H groups in total. The fourth-order valence-electron chi connectivity index (χ4n) is 2.77. The number of aryl methyl sites for hydroxylation is 1. The number of halogens is 1. The second kappa shape index (κ2) is 5.60. The minimum Gasteiger partial charge on any atom is -0.389 e. The van der Waals surface area contributed by atoms with E-state index in [1.807, 2.05) is 13.0 Å². The zero-order valence-corrected chi connectivity index (χ0v) is 11.9. The van der Waals surface area contributed by atoms with Crippen LogP contribution in [0.25, 0.3) is 0 Å². The van der Waals surface area contributed by atoms with E-state index in [1.165, 1.54) is 11.1 Å². The summed E-state index contributed by atoms with van der Waals surface area (Å²) in [4.78, 5) is 0. The van der Waals surface area contributed by atoms with E-state index >= 15 is 0 Å². The monoisotopic (exact) mass is 267 g/mol. The van der Waals surface area contributed by atoms with Gasteiger partial charge in [0.05, 0.1) is 5.60 Å². The van der Waals surface area contributed by atoms with Crippen molar-refractivity contribution in [2.24, 2.45) is 0 Å². The SMILES string of the molecule is CCCC(C)(O)CNC1CCc2cc(Cl)ccc21. The van der Waals surface area contributed by atoms with Gasteiger partial charge in [-0.1, -0.05) is 31.0 Å². The van der Waals surface area contributed by atoms with Crippen LogP contribution in [0, 0.1) is 0 Å². The zero-order chi connectivity index (χ0) is 13.2. The molecule has 0 fully saturated rings. The highest BCUT2D eigenvalue weighted by molar-refractivity contribution is 6.30. The van der Waals surface area contributed by atoms with Gasteiger partial charge in [0.2, 0.25) is 0 Å². The van der Waals surface area contributed by atoms with Gasteiger partial charge in [0.1, 0.15) is 0 Å². The number of hydrogen-bond donors (Lipinski definition) is 2. The largest absolute Gasteiger partial charge is 0.389 e. The Balaban J connectivity index is 1.98. The van der Waals surface area contributed by atoms with Crippen LogP contribution < -0.4 is 5.32 Å². The summed E-state index contributed by atoms with van der Waals surface area (Å²) in [6, 6.07) is 6.48. The summed E-state index contributed by atoms with van der Waals surface area (Å²) in [5.41, 5.74) is 2.08. The van der Waals surface area contributed by atoms with Gasteiger partial charge in [-0.25, -0.2) is 0 Å². The van der Waals surface area contributed by atoms with Gasteiger partial charge in [0.15, 0.2) is 0 Å². The summed E-state index contributed by atoms with van der Waals surface area (Å²) < 4.78 is 0. The molecule has 1 aromatic rings. The van der Waals surface area contributed by atoms with Gasteiger partial charge < -0.3 is 10.4 Å². The van der Waals surface area contributed by atoms with Crippen LogP contribution in [0.15, 0.2) is 18.2 Å². The molecule has 2 atom stereocenters. The summed E-state index contributed by atoms with van der Waals surface area (Å²) >= 11 is 6.00. The molecule has 0 spiro atoms. The van der Waals surface area contributed by atoms with Gasteiger partial charge in [-0.3, -0.25) is 0 Å². The molecule has 0 radical (unpaired) electrons. The molecule has 18 heavy (non-hydrogen) atoms. The standard InChI is InChI=1S/C15H22ClNO/c1-3-8-15(2,18)10-17-14-7-4-11-9-12(16)5-6-13(11)14/h5-6,9,14,17-18H,3-4,7-8,10H2,1-2H3. The summed E-state index contributed by atoms with van der Waals surface area (Å²) in [5.74, 6) is 0. The second-order valence-corrected chi connectivity index (χ2v) is 6.00. The minimum atomic E-state index is -0.607. The van der Waals surface area contributed by atoms with Crippen LogP contribution >= 0.6 is 11.6 Å². The van der Waals surface area contributed by atoms with E-state index in [9.17, 15) is 5.11 Å². The quantitative estimate of drug-likeness (QED) is 0.856. The van der Waals surface area contributed by atoms with Crippen molar-refractivity contribution in [3.05, 3.63) is 34.3 Å². The highest BCUT2D eigenvalue weighted by atomic mass is 35.5. The topological polar surface area (TPSA) is 32.3 Å². The fourth-order valence-corrected chi connectivity index (χ4v) is 2.96. The molecule has 0 amide bonds. The van der Waals surface area contributed by atoms with E-state index < -0.39 is 5.60 Å². The molecule has 1 aliphatic carbocycles. The maximum Gasteiger partial charge on any atom is 0.0743 e. The number of fused-ring (bicyclic) bond motifs is 1. The molecule has 2 rings (SSSR count). The van der Waals surface area contributed by atoms with Crippen molar-refractivity contribution in [3.63, 3.8) is 0 Å². The van der Waals surface area contributed by atoms with Crippen molar-refractivity contribution in [1.29, 1.82) is 0 Å². The summed E-state index contributed by atoms with van der Waals surface area (Å²) in [6.07, 6.45) is 4.01. The van der Waals surface area contributed by atoms with Gasteiger partial charge in [-0.2, -0.15) is 0 Å². The average Bonchev–Trinajstić information content (AvgIpc) is 2.68. The van der Waals surface area contributed by atoms with Crippen LogP contribution in [0.3, 0.4) is 0 Å². The molecule has 2 unspecified atom stereocenters. The van der Waals surface area contributed by atoms with E-state index in [-0.39, 0.29) is 0 Å². The Hall–Kier alpha value is -0.570. The Morgan fingerprint density at radius 2 is 2.28 bits per heavy atom. The summed E-state index contributed by atoms with van der Waals surface area (Å²) in [7, 11) is 0. The molecule has 2 nitrogen and oxygen atoms in total. The molecule has 0 saturated carbocycles. The van der Waals surface area contributed by atoms with Crippen LogP contribution in [0.2, 0.25) is 5.02 Å². The van der Waals surface area contributed by atoms with Gasteiger partial charge in [0, 0.05) is 17.6 Å². The molecule has 0 bridgehead atoms. The Kier molecular flexibility index (Phi) is 4.31. The van der Waals surface area contributed by atoms with Crippen molar-refractivity contribution >= 4 is 11.6 Å². The number of aliphatic hydroxyl groups is 1. The summed E-state index contributed by atoms with van der Waals surface area (Å²) in [6.45, 7) is 4.65. The van der Waals surface area contributed by atoms with Crippen LogP contribution in [-0.4, -0.2) is 17.3 Å². The van der Waals surface area contributed by atoms with Crippen LogP contribution in [0.5, 0.6) is 0 Å². The fraction of sp³-hybridized carbons (Fsp3) is 0.600. The number of benzene rings is 1.